The fourth-order valence-corrected chi connectivity index (χ4v) is 3.33. The van der Waals surface area contributed by atoms with Gasteiger partial charge < -0.3 is 9.47 Å². The second kappa shape index (κ2) is 12.3. The van der Waals surface area contributed by atoms with Crippen molar-refractivity contribution in [3.8, 4) is 0 Å². The van der Waals surface area contributed by atoms with E-state index in [1.807, 2.05) is 0 Å². The van der Waals surface area contributed by atoms with Gasteiger partial charge in [0.1, 0.15) is 0 Å². The first kappa shape index (κ1) is 25.8. The van der Waals surface area contributed by atoms with Gasteiger partial charge in [0.05, 0.1) is 13.2 Å². The van der Waals surface area contributed by atoms with Gasteiger partial charge in [-0.25, -0.2) is 0 Å². The monoisotopic (exact) mass is 432 g/mol. The fraction of sp³-hybridized carbons (Fsp3) is 0.867. The average Bonchev–Trinajstić information content (AvgIpc) is 2.54. The number of hydrogen-bond acceptors (Lipinski definition) is 10. The van der Waals surface area contributed by atoms with Crippen molar-refractivity contribution < 1.29 is 44.3 Å². The summed E-state index contributed by atoms with van der Waals surface area (Å²) < 4.78 is 64.7. The summed E-state index contributed by atoms with van der Waals surface area (Å²) in [5.74, 6) is -1.38. The highest BCUT2D eigenvalue weighted by Gasteiger charge is 2.26. The average molecular weight is 433 g/mol. The Kier molecular flexibility index (Phi) is 11.7. The molecule has 0 aromatic rings. The van der Waals surface area contributed by atoms with Crippen LogP contribution in [-0.2, 0) is 47.7 Å². The number of carbonyl (C=O) groups excluding carboxylic acids is 2. The van der Waals surface area contributed by atoms with E-state index in [1.165, 1.54) is 27.7 Å². The van der Waals surface area contributed by atoms with Gasteiger partial charge in [-0.15, -0.1) is 0 Å². The van der Waals surface area contributed by atoms with Crippen LogP contribution in [-0.4, -0.2) is 52.9 Å². The van der Waals surface area contributed by atoms with E-state index in [0.717, 1.165) is 0 Å². The molecule has 0 spiro atoms. The van der Waals surface area contributed by atoms with Crippen LogP contribution < -0.4 is 0 Å². The summed E-state index contributed by atoms with van der Waals surface area (Å²) >= 11 is 0. The molecule has 27 heavy (non-hydrogen) atoms. The molecule has 0 aromatic heterocycles. The molecule has 0 aliphatic rings. The topological polar surface area (TPSA) is 139 Å². The molecular formula is C15H28O10S2. The molecule has 0 radical (unpaired) electrons. The first-order valence-corrected chi connectivity index (χ1v) is 11.6. The van der Waals surface area contributed by atoms with E-state index in [9.17, 15) is 26.4 Å². The summed E-state index contributed by atoms with van der Waals surface area (Å²) in [7, 11) is -7.89. The molecule has 12 heteroatoms. The van der Waals surface area contributed by atoms with E-state index in [0.29, 0.717) is 19.3 Å². The van der Waals surface area contributed by atoms with Crippen LogP contribution >= 0.6 is 0 Å². The highest BCUT2D eigenvalue weighted by atomic mass is 32.2. The normalized spacial score (nSPS) is 14.4. The quantitative estimate of drug-likeness (QED) is 0.225. The standard InChI is InChI=1S/C15H28O10S2/c1-5-22-26(18,19)12(3)24-14(16)10-8-7-9-11-15(17)25-13(4)27(20,21)23-6-2/h12-13H,5-11H2,1-4H3. The third-order valence-electron chi connectivity index (χ3n) is 3.23. The van der Waals surface area contributed by atoms with Gasteiger partial charge in [-0.1, -0.05) is 6.42 Å². The Hall–Kier alpha value is -1.24. The first-order valence-electron chi connectivity index (χ1n) is 8.61. The Balaban J connectivity index is 4.06. The molecule has 0 rings (SSSR count). The van der Waals surface area contributed by atoms with E-state index in [-0.39, 0.29) is 26.1 Å². The van der Waals surface area contributed by atoms with Crippen molar-refractivity contribution in [2.45, 2.75) is 70.7 Å². The summed E-state index contributed by atoms with van der Waals surface area (Å²) in [4.78, 5) is 23.2. The molecule has 0 bridgehead atoms. The molecule has 160 valence electrons. The lowest BCUT2D eigenvalue weighted by atomic mass is 10.1. The first-order chi connectivity index (χ1) is 12.5. The Bertz CT molecular complexity index is 611. The van der Waals surface area contributed by atoms with Crippen molar-refractivity contribution in [1.82, 2.24) is 0 Å². The van der Waals surface area contributed by atoms with Crippen LogP contribution in [0.4, 0.5) is 0 Å². The van der Waals surface area contributed by atoms with Crippen LogP contribution in [0.3, 0.4) is 0 Å². The molecule has 2 unspecified atom stereocenters. The summed E-state index contributed by atoms with van der Waals surface area (Å²) in [6, 6.07) is 0. The maximum absolute atomic E-state index is 11.6. The fourth-order valence-electron chi connectivity index (χ4n) is 1.84. The summed E-state index contributed by atoms with van der Waals surface area (Å²) in [6.45, 7) is 5.32. The van der Waals surface area contributed by atoms with Gasteiger partial charge in [0.25, 0.3) is 0 Å². The van der Waals surface area contributed by atoms with Crippen LogP contribution in [0, 0.1) is 0 Å². The molecule has 0 fully saturated rings. The largest absolute Gasteiger partial charge is 0.444 e. The van der Waals surface area contributed by atoms with Crippen molar-refractivity contribution in [2.24, 2.45) is 0 Å². The van der Waals surface area contributed by atoms with Gasteiger partial charge in [-0.05, 0) is 40.5 Å². The van der Waals surface area contributed by atoms with Crippen molar-refractivity contribution in [1.29, 1.82) is 0 Å². The SMILES string of the molecule is CCOS(=O)(=O)C(C)OC(=O)CCCCCC(=O)OC(C)S(=O)(=O)OCC. The van der Waals surface area contributed by atoms with E-state index in [2.05, 4.69) is 8.37 Å². The second-order valence-electron chi connectivity index (χ2n) is 5.47. The predicted molar refractivity (Wildman–Crippen MR) is 95.3 cm³/mol. The Morgan fingerprint density at radius 3 is 1.33 bits per heavy atom. The number of hydrogen-bond donors (Lipinski definition) is 0. The van der Waals surface area contributed by atoms with E-state index < -0.39 is 43.0 Å². The molecule has 0 saturated carbocycles. The van der Waals surface area contributed by atoms with E-state index in [4.69, 9.17) is 9.47 Å². The predicted octanol–water partition coefficient (Wildman–Crippen LogP) is 1.45. The second-order valence-corrected chi connectivity index (χ2v) is 9.24. The summed E-state index contributed by atoms with van der Waals surface area (Å²) in [5.41, 5.74) is -2.79. The number of ether oxygens (including phenoxy) is 2. The van der Waals surface area contributed by atoms with Crippen molar-refractivity contribution in [3.05, 3.63) is 0 Å². The lowest BCUT2D eigenvalue weighted by Gasteiger charge is -2.13. The van der Waals surface area contributed by atoms with Crippen LogP contribution in [0.5, 0.6) is 0 Å². The van der Waals surface area contributed by atoms with Crippen LogP contribution in [0.25, 0.3) is 0 Å². The van der Waals surface area contributed by atoms with Gasteiger partial charge >= 0.3 is 32.2 Å². The van der Waals surface area contributed by atoms with Crippen LogP contribution in [0.15, 0.2) is 0 Å². The van der Waals surface area contributed by atoms with Crippen molar-refractivity contribution in [3.63, 3.8) is 0 Å². The number of esters is 2. The maximum Gasteiger partial charge on any atom is 0.307 e. The number of unbranched alkanes of at least 4 members (excludes halogenated alkanes) is 2. The number of rotatable bonds is 14. The van der Waals surface area contributed by atoms with E-state index >= 15 is 0 Å². The lowest BCUT2D eigenvalue weighted by Crippen LogP contribution is -2.26. The molecular weight excluding hydrogens is 404 g/mol. The Labute approximate surface area is 160 Å². The van der Waals surface area contributed by atoms with Gasteiger partial charge in [0.15, 0.2) is 0 Å². The molecule has 0 N–H and O–H groups in total. The molecule has 2 atom stereocenters. The van der Waals surface area contributed by atoms with Gasteiger partial charge in [0, 0.05) is 12.8 Å². The molecule has 0 amide bonds. The molecule has 10 nitrogen and oxygen atoms in total. The van der Waals surface area contributed by atoms with E-state index in [1.54, 1.807) is 0 Å². The van der Waals surface area contributed by atoms with Crippen LogP contribution in [0.1, 0.15) is 59.8 Å². The van der Waals surface area contributed by atoms with Crippen molar-refractivity contribution >= 4 is 32.2 Å². The third kappa shape index (κ3) is 10.6. The minimum Gasteiger partial charge on any atom is -0.444 e. The zero-order valence-electron chi connectivity index (χ0n) is 16.0. The minimum absolute atomic E-state index is 0.0177. The Morgan fingerprint density at radius 1 is 0.704 bits per heavy atom. The summed E-state index contributed by atoms with van der Waals surface area (Å²) in [6.07, 6.45) is 1.19. The molecule has 0 heterocycles. The minimum atomic E-state index is -3.94. The smallest absolute Gasteiger partial charge is 0.307 e. The molecule has 0 aliphatic heterocycles. The lowest BCUT2D eigenvalue weighted by molar-refractivity contribution is -0.145. The maximum atomic E-state index is 11.6. The number of carbonyl (C=O) groups is 2. The van der Waals surface area contributed by atoms with Gasteiger partial charge in [-0.2, -0.15) is 16.8 Å². The van der Waals surface area contributed by atoms with Gasteiger partial charge in [0.2, 0.25) is 10.9 Å². The Morgan fingerprint density at radius 2 is 1.04 bits per heavy atom. The highest BCUT2D eigenvalue weighted by Crippen LogP contribution is 2.12. The van der Waals surface area contributed by atoms with Crippen LogP contribution in [0.2, 0.25) is 0 Å². The summed E-state index contributed by atoms with van der Waals surface area (Å²) in [5, 5.41) is 0. The van der Waals surface area contributed by atoms with Gasteiger partial charge in [-0.3, -0.25) is 18.0 Å². The van der Waals surface area contributed by atoms with Crippen molar-refractivity contribution in [2.75, 3.05) is 13.2 Å². The molecule has 0 aliphatic carbocycles. The molecule has 0 aromatic carbocycles. The highest BCUT2D eigenvalue weighted by molar-refractivity contribution is 7.87. The zero-order valence-corrected chi connectivity index (χ0v) is 17.6. The molecule has 0 saturated heterocycles. The zero-order chi connectivity index (χ0) is 21.1. The third-order valence-corrected chi connectivity index (χ3v) is 6.18.